The number of pyridine rings is 2. The highest BCUT2D eigenvalue weighted by Gasteiger charge is 2.29. The summed E-state index contributed by atoms with van der Waals surface area (Å²) < 4.78 is 15.6. The average molecular weight is 342 g/mol. The maximum atomic E-state index is 14.0. The van der Waals surface area contributed by atoms with Gasteiger partial charge in [-0.05, 0) is 36.8 Å². The minimum atomic E-state index is -1.61. The largest absolute Gasteiger partial charge is 0.474 e. The first-order valence-corrected chi connectivity index (χ1v) is 7.54. The van der Waals surface area contributed by atoms with Crippen LogP contribution in [0.2, 0.25) is 0 Å². The Labute approximate surface area is 142 Å². The molecule has 3 heterocycles. The van der Waals surface area contributed by atoms with Crippen molar-refractivity contribution in [3.8, 4) is 0 Å². The highest BCUT2D eigenvalue weighted by Crippen LogP contribution is 2.23. The Kier molecular flexibility index (Phi) is 4.42. The van der Waals surface area contributed by atoms with E-state index in [1.54, 1.807) is 36.0 Å². The molecule has 0 saturated carbocycles. The molecule has 0 aromatic carbocycles. The number of aliphatic carboxylic acids is 1. The number of nitrogens with zero attached hydrogens (tertiary/aromatic N) is 4. The summed E-state index contributed by atoms with van der Waals surface area (Å²) in [5.41, 5.74) is 1.54. The molecule has 1 unspecified atom stereocenters. The summed E-state index contributed by atoms with van der Waals surface area (Å²) in [5.74, 6) is -3.33. The van der Waals surface area contributed by atoms with Gasteiger partial charge < -0.3 is 10.0 Å². The molecule has 1 amide bonds. The van der Waals surface area contributed by atoms with Crippen molar-refractivity contribution in [3.63, 3.8) is 0 Å². The SMILES string of the molecule is CC(c1ncccc1F)N(Cc1ccc2ccnn2c1)C(=O)C(=O)O. The number of fused-ring (bicyclic) bond motifs is 1. The van der Waals surface area contributed by atoms with Crippen LogP contribution in [0.5, 0.6) is 0 Å². The molecule has 3 aromatic rings. The number of carbonyl (C=O) groups is 2. The zero-order valence-electron chi connectivity index (χ0n) is 13.3. The predicted octanol–water partition coefficient (Wildman–Crippen LogP) is 2.04. The van der Waals surface area contributed by atoms with E-state index in [2.05, 4.69) is 10.1 Å². The van der Waals surface area contributed by atoms with E-state index in [9.17, 15) is 14.0 Å². The fourth-order valence-corrected chi connectivity index (χ4v) is 2.61. The van der Waals surface area contributed by atoms with Crippen molar-refractivity contribution in [3.05, 3.63) is 66.0 Å². The summed E-state index contributed by atoms with van der Waals surface area (Å²) in [7, 11) is 0. The first-order chi connectivity index (χ1) is 12.0. The fourth-order valence-electron chi connectivity index (χ4n) is 2.61. The lowest BCUT2D eigenvalue weighted by Gasteiger charge is -2.27. The van der Waals surface area contributed by atoms with Crippen molar-refractivity contribution in [1.82, 2.24) is 19.5 Å². The van der Waals surface area contributed by atoms with Crippen molar-refractivity contribution in [2.45, 2.75) is 19.5 Å². The summed E-state index contributed by atoms with van der Waals surface area (Å²) in [5, 5.41) is 13.2. The number of hydrogen-bond acceptors (Lipinski definition) is 4. The average Bonchev–Trinajstić information content (AvgIpc) is 3.06. The molecule has 7 nitrogen and oxygen atoms in total. The van der Waals surface area contributed by atoms with Gasteiger partial charge in [-0.2, -0.15) is 5.10 Å². The third kappa shape index (κ3) is 3.32. The molecular formula is C17H15FN4O3. The Balaban J connectivity index is 1.95. The van der Waals surface area contributed by atoms with Crippen molar-refractivity contribution in [1.29, 1.82) is 0 Å². The molecule has 1 atom stereocenters. The Hall–Kier alpha value is -3.29. The molecule has 0 bridgehead atoms. The van der Waals surface area contributed by atoms with Gasteiger partial charge in [0.05, 0.1) is 17.3 Å². The normalized spacial score (nSPS) is 12.1. The van der Waals surface area contributed by atoms with E-state index in [4.69, 9.17) is 5.11 Å². The molecule has 0 aliphatic rings. The van der Waals surface area contributed by atoms with Gasteiger partial charge in [-0.15, -0.1) is 0 Å². The van der Waals surface area contributed by atoms with E-state index >= 15 is 0 Å². The standard InChI is InChI=1S/C17H15FN4O3/c1-11(15-14(18)3-2-7-19-15)21(16(23)17(24)25)9-12-4-5-13-6-8-20-22(13)10-12/h2-8,10-11H,9H2,1H3,(H,24,25). The second-order valence-corrected chi connectivity index (χ2v) is 5.52. The zero-order valence-corrected chi connectivity index (χ0v) is 13.3. The van der Waals surface area contributed by atoms with E-state index in [0.29, 0.717) is 5.56 Å². The summed E-state index contributed by atoms with van der Waals surface area (Å²) in [4.78, 5) is 28.4. The molecule has 1 N–H and O–H groups in total. The van der Waals surface area contributed by atoms with Crippen LogP contribution in [0.15, 0.2) is 48.9 Å². The molecule has 3 aromatic heterocycles. The monoisotopic (exact) mass is 342 g/mol. The predicted molar refractivity (Wildman–Crippen MR) is 86.0 cm³/mol. The third-order valence-electron chi connectivity index (χ3n) is 3.90. The molecule has 128 valence electrons. The lowest BCUT2D eigenvalue weighted by molar-refractivity contribution is -0.157. The first kappa shape index (κ1) is 16.6. The van der Waals surface area contributed by atoms with Gasteiger partial charge in [-0.1, -0.05) is 6.07 Å². The van der Waals surface area contributed by atoms with Gasteiger partial charge in [0.15, 0.2) is 0 Å². The smallest absolute Gasteiger partial charge is 0.394 e. The van der Waals surface area contributed by atoms with Crippen LogP contribution < -0.4 is 0 Å². The molecule has 0 fully saturated rings. The van der Waals surface area contributed by atoms with Crippen LogP contribution in [0.3, 0.4) is 0 Å². The van der Waals surface area contributed by atoms with Gasteiger partial charge in [0.25, 0.3) is 0 Å². The molecule has 0 saturated heterocycles. The third-order valence-corrected chi connectivity index (χ3v) is 3.90. The lowest BCUT2D eigenvalue weighted by atomic mass is 10.1. The highest BCUT2D eigenvalue weighted by molar-refractivity contribution is 6.31. The van der Waals surface area contributed by atoms with Crippen LogP contribution in [-0.2, 0) is 16.1 Å². The number of carboxylic acids is 1. The van der Waals surface area contributed by atoms with E-state index in [1.165, 1.54) is 18.3 Å². The second kappa shape index (κ2) is 6.68. The van der Waals surface area contributed by atoms with Crippen molar-refractivity contribution in [2.24, 2.45) is 0 Å². The Bertz CT molecular complexity index is 940. The van der Waals surface area contributed by atoms with Gasteiger partial charge in [0.1, 0.15) is 5.82 Å². The maximum absolute atomic E-state index is 14.0. The Morgan fingerprint density at radius 3 is 2.80 bits per heavy atom. The molecule has 3 rings (SSSR count). The molecule has 0 spiro atoms. The van der Waals surface area contributed by atoms with Gasteiger partial charge in [-0.25, -0.2) is 13.7 Å². The summed E-state index contributed by atoms with van der Waals surface area (Å²) in [6.45, 7) is 1.52. The number of rotatable bonds is 4. The van der Waals surface area contributed by atoms with Crippen molar-refractivity contribution in [2.75, 3.05) is 0 Å². The van der Waals surface area contributed by atoms with Gasteiger partial charge in [0, 0.05) is 25.1 Å². The van der Waals surface area contributed by atoms with Crippen LogP contribution in [0, 0.1) is 5.82 Å². The van der Waals surface area contributed by atoms with Crippen molar-refractivity contribution >= 4 is 17.4 Å². The first-order valence-electron chi connectivity index (χ1n) is 7.54. The van der Waals surface area contributed by atoms with Gasteiger partial charge in [-0.3, -0.25) is 9.78 Å². The number of carboxylic acid groups (broad SMARTS) is 1. The summed E-state index contributed by atoms with van der Waals surface area (Å²) in [6, 6.07) is 7.19. The molecule has 8 heteroatoms. The number of amides is 1. The topological polar surface area (TPSA) is 87.8 Å². The molecule has 0 aliphatic heterocycles. The number of aromatic nitrogens is 3. The quantitative estimate of drug-likeness (QED) is 0.733. The van der Waals surface area contributed by atoms with Crippen LogP contribution in [0.25, 0.3) is 5.52 Å². The lowest BCUT2D eigenvalue weighted by Crippen LogP contribution is -2.38. The maximum Gasteiger partial charge on any atom is 0.394 e. The van der Waals surface area contributed by atoms with E-state index in [1.807, 2.05) is 6.07 Å². The second-order valence-electron chi connectivity index (χ2n) is 5.52. The van der Waals surface area contributed by atoms with Crippen LogP contribution in [0.1, 0.15) is 24.2 Å². The molecule has 0 aliphatic carbocycles. The van der Waals surface area contributed by atoms with Crippen LogP contribution in [0.4, 0.5) is 4.39 Å². The zero-order chi connectivity index (χ0) is 18.0. The number of halogens is 1. The van der Waals surface area contributed by atoms with Crippen LogP contribution in [-0.4, -0.2) is 36.5 Å². The number of carbonyl (C=O) groups excluding carboxylic acids is 1. The number of hydrogen-bond donors (Lipinski definition) is 1. The summed E-state index contributed by atoms with van der Waals surface area (Å²) in [6.07, 6.45) is 4.72. The molecular weight excluding hydrogens is 327 g/mol. The van der Waals surface area contributed by atoms with E-state index < -0.39 is 23.7 Å². The summed E-state index contributed by atoms with van der Waals surface area (Å²) >= 11 is 0. The minimum Gasteiger partial charge on any atom is -0.474 e. The van der Waals surface area contributed by atoms with Gasteiger partial charge >= 0.3 is 11.9 Å². The Morgan fingerprint density at radius 2 is 2.08 bits per heavy atom. The van der Waals surface area contributed by atoms with Gasteiger partial charge in [0.2, 0.25) is 0 Å². The van der Waals surface area contributed by atoms with Crippen molar-refractivity contribution < 1.29 is 19.1 Å². The molecule has 0 radical (unpaired) electrons. The Morgan fingerprint density at radius 1 is 1.28 bits per heavy atom. The van der Waals surface area contributed by atoms with E-state index in [-0.39, 0.29) is 12.2 Å². The molecule has 25 heavy (non-hydrogen) atoms. The highest BCUT2D eigenvalue weighted by atomic mass is 19.1. The minimum absolute atomic E-state index is 0.0114. The fraction of sp³-hybridized carbons (Fsp3) is 0.176. The van der Waals surface area contributed by atoms with E-state index in [0.717, 1.165) is 10.4 Å². The van der Waals surface area contributed by atoms with Crippen LogP contribution >= 0.6 is 0 Å².